The van der Waals surface area contributed by atoms with Gasteiger partial charge < -0.3 is 5.11 Å². The average Bonchev–Trinajstić information content (AvgIpc) is 2.83. The summed E-state index contributed by atoms with van der Waals surface area (Å²) in [5, 5.41) is 12.4. The van der Waals surface area contributed by atoms with Crippen LogP contribution in [0, 0.1) is 13.8 Å². The number of hydrogen-bond acceptors (Lipinski definition) is 4. The minimum absolute atomic E-state index is 0.338. The molecule has 0 bridgehead atoms. The van der Waals surface area contributed by atoms with Crippen LogP contribution in [0.15, 0.2) is 23.4 Å². The van der Waals surface area contributed by atoms with Crippen LogP contribution in [0.5, 0.6) is 0 Å². The lowest BCUT2D eigenvalue weighted by Crippen LogP contribution is -2.19. The van der Waals surface area contributed by atoms with Gasteiger partial charge in [0.2, 0.25) is 5.03 Å². The quantitative estimate of drug-likeness (QED) is 0.898. The molecule has 0 fully saturated rings. The van der Waals surface area contributed by atoms with Crippen LogP contribution in [0.4, 0.5) is 0 Å². The van der Waals surface area contributed by atoms with E-state index in [2.05, 4.69) is 5.10 Å². The Morgan fingerprint density at radius 3 is 2.26 bits per heavy atom. The molecule has 0 radical (unpaired) electrons. The highest BCUT2D eigenvalue weighted by Gasteiger charge is 2.29. The van der Waals surface area contributed by atoms with Crippen LogP contribution in [-0.2, 0) is 17.1 Å². The lowest BCUT2D eigenvalue weighted by Gasteiger charge is -2.08. The zero-order chi connectivity index (χ0) is 14.4. The summed E-state index contributed by atoms with van der Waals surface area (Å²) in [7, 11) is -2.53. The molecule has 7 nitrogen and oxygen atoms in total. The number of carboxylic acid groups (broad SMARTS) is 1. The van der Waals surface area contributed by atoms with E-state index in [0.717, 1.165) is 3.97 Å². The van der Waals surface area contributed by atoms with Gasteiger partial charge in [0.15, 0.2) is 0 Å². The Bertz CT molecular complexity index is 735. The molecule has 0 spiro atoms. The number of carboxylic acids is 1. The van der Waals surface area contributed by atoms with Gasteiger partial charge in [0.1, 0.15) is 5.56 Å². The third-order valence-corrected chi connectivity index (χ3v) is 4.56. The maximum absolute atomic E-state index is 12.5. The van der Waals surface area contributed by atoms with E-state index in [-0.39, 0.29) is 5.56 Å². The van der Waals surface area contributed by atoms with Crippen molar-refractivity contribution in [2.75, 3.05) is 0 Å². The van der Waals surface area contributed by atoms with Crippen LogP contribution in [-0.4, -0.2) is 33.2 Å². The van der Waals surface area contributed by atoms with Gasteiger partial charge in [0.25, 0.3) is 10.0 Å². The van der Waals surface area contributed by atoms with Crippen LogP contribution in [0.3, 0.4) is 0 Å². The molecule has 0 amide bonds. The monoisotopic (exact) mass is 283 g/mol. The Labute approximate surface area is 110 Å². The number of aryl methyl sites for hydroxylation is 3. The van der Waals surface area contributed by atoms with E-state index in [0.29, 0.717) is 11.4 Å². The highest BCUT2D eigenvalue weighted by molar-refractivity contribution is 7.90. The van der Waals surface area contributed by atoms with Crippen molar-refractivity contribution in [1.82, 2.24) is 13.8 Å². The van der Waals surface area contributed by atoms with Gasteiger partial charge in [-0.3, -0.25) is 4.68 Å². The molecule has 2 heterocycles. The van der Waals surface area contributed by atoms with Crippen molar-refractivity contribution in [3.05, 3.63) is 35.3 Å². The van der Waals surface area contributed by atoms with Crippen LogP contribution in [0.2, 0.25) is 0 Å². The van der Waals surface area contributed by atoms with E-state index in [1.165, 1.54) is 17.9 Å². The fraction of sp³-hybridized carbons (Fsp3) is 0.273. The SMILES string of the molecule is Cc1ccc(C)n1S(=O)(=O)c1nn(C)cc1C(=O)O. The minimum atomic E-state index is -4.01. The van der Waals surface area contributed by atoms with E-state index in [4.69, 9.17) is 5.11 Å². The molecule has 0 atom stereocenters. The average molecular weight is 283 g/mol. The Hall–Kier alpha value is -2.09. The maximum atomic E-state index is 12.5. The van der Waals surface area contributed by atoms with Crippen molar-refractivity contribution in [3.8, 4) is 0 Å². The van der Waals surface area contributed by atoms with Crippen molar-refractivity contribution in [3.63, 3.8) is 0 Å². The number of nitrogens with zero attached hydrogens (tertiary/aromatic N) is 3. The maximum Gasteiger partial charge on any atom is 0.340 e. The zero-order valence-electron chi connectivity index (χ0n) is 10.7. The molecular formula is C11H13N3O4S. The lowest BCUT2D eigenvalue weighted by atomic mass is 10.4. The molecule has 0 unspecified atom stereocenters. The van der Waals surface area contributed by atoms with Gasteiger partial charge in [-0.05, 0) is 26.0 Å². The molecule has 2 rings (SSSR count). The van der Waals surface area contributed by atoms with Crippen molar-refractivity contribution in [2.24, 2.45) is 7.05 Å². The van der Waals surface area contributed by atoms with Crippen molar-refractivity contribution < 1.29 is 18.3 Å². The van der Waals surface area contributed by atoms with E-state index in [1.807, 2.05) is 0 Å². The zero-order valence-corrected chi connectivity index (χ0v) is 11.5. The molecule has 0 saturated carbocycles. The van der Waals surface area contributed by atoms with E-state index in [1.54, 1.807) is 26.0 Å². The number of rotatable bonds is 3. The second kappa shape index (κ2) is 4.23. The second-order valence-electron chi connectivity index (χ2n) is 4.21. The summed E-state index contributed by atoms with van der Waals surface area (Å²) in [5.41, 5.74) is 0.661. The molecule has 0 aliphatic carbocycles. The summed E-state index contributed by atoms with van der Waals surface area (Å²) in [6.45, 7) is 3.27. The van der Waals surface area contributed by atoms with Gasteiger partial charge in [-0.25, -0.2) is 8.77 Å². The van der Waals surface area contributed by atoms with Crippen LogP contribution < -0.4 is 0 Å². The third-order valence-electron chi connectivity index (χ3n) is 2.72. The van der Waals surface area contributed by atoms with Gasteiger partial charge in [0, 0.05) is 24.6 Å². The molecule has 19 heavy (non-hydrogen) atoms. The molecule has 0 aliphatic heterocycles. The minimum Gasteiger partial charge on any atom is -0.478 e. The molecule has 2 aromatic rings. The van der Waals surface area contributed by atoms with Gasteiger partial charge in [-0.15, -0.1) is 0 Å². The Morgan fingerprint density at radius 1 is 1.26 bits per heavy atom. The standard InChI is InChI=1S/C11H13N3O4S/c1-7-4-5-8(2)14(7)19(17,18)10-9(11(15)16)6-13(3)12-10/h4-6H,1-3H3,(H,15,16). The predicted octanol–water partition coefficient (Wildman–Crippen LogP) is 0.774. The highest BCUT2D eigenvalue weighted by atomic mass is 32.2. The second-order valence-corrected chi connectivity index (χ2v) is 5.91. The third kappa shape index (κ3) is 2.03. The summed E-state index contributed by atoms with van der Waals surface area (Å²) in [5.74, 6) is -1.32. The predicted molar refractivity (Wildman–Crippen MR) is 66.7 cm³/mol. The topological polar surface area (TPSA) is 94.2 Å². The fourth-order valence-corrected chi connectivity index (χ4v) is 3.63. The van der Waals surface area contributed by atoms with Crippen LogP contribution in [0.1, 0.15) is 21.7 Å². The molecule has 1 N–H and O–H groups in total. The molecule has 2 aromatic heterocycles. The normalized spacial score (nSPS) is 11.7. The van der Waals surface area contributed by atoms with Crippen molar-refractivity contribution in [2.45, 2.75) is 18.9 Å². The first kappa shape index (κ1) is 13.3. The smallest absolute Gasteiger partial charge is 0.340 e. The van der Waals surface area contributed by atoms with Crippen molar-refractivity contribution >= 4 is 16.0 Å². The fourth-order valence-electron chi connectivity index (χ4n) is 1.93. The van der Waals surface area contributed by atoms with Gasteiger partial charge >= 0.3 is 5.97 Å². The summed E-state index contributed by atoms with van der Waals surface area (Å²) in [6, 6.07) is 3.30. The van der Waals surface area contributed by atoms with Crippen LogP contribution in [0.25, 0.3) is 0 Å². The Balaban J connectivity index is 2.74. The summed E-state index contributed by atoms with van der Waals surface area (Å²) in [4.78, 5) is 11.1. The van der Waals surface area contributed by atoms with Crippen molar-refractivity contribution in [1.29, 1.82) is 0 Å². The number of aromatic nitrogens is 3. The first-order chi connectivity index (χ1) is 8.75. The lowest BCUT2D eigenvalue weighted by molar-refractivity contribution is 0.0692. The molecule has 0 aromatic carbocycles. The van der Waals surface area contributed by atoms with E-state index < -0.39 is 21.0 Å². The number of hydrogen-bond donors (Lipinski definition) is 1. The van der Waals surface area contributed by atoms with Gasteiger partial charge in [0.05, 0.1) is 0 Å². The molecule has 0 aliphatic rings. The largest absolute Gasteiger partial charge is 0.478 e. The highest BCUT2D eigenvalue weighted by Crippen LogP contribution is 2.21. The Kier molecular flexibility index (Phi) is 2.97. The van der Waals surface area contributed by atoms with E-state index in [9.17, 15) is 13.2 Å². The first-order valence-electron chi connectivity index (χ1n) is 5.42. The molecular weight excluding hydrogens is 270 g/mol. The number of aromatic carboxylic acids is 1. The molecule has 8 heteroatoms. The van der Waals surface area contributed by atoms with E-state index >= 15 is 0 Å². The number of carbonyl (C=O) groups is 1. The molecule has 0 saturated heterocycles. The van der Waals surface area contributed by atoms with Gasteiger partial charge in [-0.2, -0.15) is 13.5 Å². The Morgan fingerprint density at radius 2 is 1.79 bits per heavy atom. The first-order valence-corrected chi connectivity index (χ1v) is 6.86. The summed E-state index contributed by atoms with van der Waals surface area (Å²) < 4.78 is 27.3. The summed E-state index contributed by atoms with van der Waals surface area (Å²) >= 11 is 0. The molecule has 102 valence electrons. The van der Waals surface area contributed by atoms with Gasteiger partial charge in [-0.1, -0.05) is 0 Å². The summed E-state index contributed by atoms with van der Waals surface area (Å²) in [6.07, 6.45) is 1.17. The van der Waals surface area contributed by atoms with Crippen LogP contribution >= 0.6 is 0 Å².